The average molecular weight is 579 g/mol. The van der Waals surface area contributed by atoms with Crippen molar-refractivity contribution in [1.82, 2.24) is 10.7 Å². The van der Waals surface area contributed by atoms with Crippen LogP contribution in [0.15, 0.2) is 87.8 Å². The van der Waals surface area contributed by atoms with Crippen LogP contribution in [0.25, 0.3) is 10.8 Å². The summed E-state index contributed by atoms with van der Waals surface area (Å²) in [6, 6.07) is 22.9. The van der Waals surface area contributed by atoms with Gasteiger partial charge in [-0.3, -0.25) is 9.59 Å². The second-order valence-corrected chi connectivity index (χ2v) is 10.8. The Morgan fingerprint density at radius 1 is 1.03 bits per heavy atom. The molecule has 2 amide bonds. The normalized spacial score (nSPS) is 12.1. The number of halogens is 1. The molecular weight excluding hydrogens is 550 g/mol. The number of rotatable bonds is 10. The minimum absolute atomic E-state index is 0.107. The maximum Gasteiger partial charge on any atom is 0.262 e. The monoisotopic (exact) mass is 577 g/mol. The van der Waals surface area contributed by atoms with Gasteiger partial charge in [-0.05, 0) is 51.9 Å². The van der Waals surface area contributed by atoms with Crippen molar-refractivity contribution in [2.75, 3.05) is 0 Å². The molecule has 0 bridgehead atoms. The Morgan fingerprint density at radius 2 is 1.81 bits per heavy atom. The van der Waals surface area contributed by atoms with Gasteiger partial charge in [-0.1, -0.05) is 78.3 Å². The van der Waals surface area contributed by atoms with Crippen LogP contribution >= 0.6 is 27.3 Å². The summed E-state index contributed by atoms with van der Waals surface area (Å²) < 4.78 is 7.15. The smallest absolute Gasteiger partial charge is 0.262 e. The summed E-state index contributed by atoms with van der Waals surface area (Å²) in [6.45, 7) is 4.17. The van der Waals surface area contributed by atoms with Gasteiger partial charge in [0.25, 0.3) is 5.91 Å². The third kappa shape index (κ3) is 7.27. The van der Waals surface area contributed by atoms with Crippen LogP contribution in [0.4, 0.5) is 0 Å². The van der Waals surface area contributed by atoms with Gasteiger partial charge in [0.2, 0.25) is 5.91 Å². The van der Waals surface area contributed by atoms with E-state index in [-0.39, 0.29) is 24.2 Å². The molecule has 1 atom stereocenters. The molecule has 0 radical (unpaired) electrons. The lowest BCUT2D eigenvalue weighted by molar-refractivity contribution is -0.129. The highest BCUT2D eigenvalue weighted by Gasteiger charge is 2.24. The molecule has 0 saturated carbocycles. The highest BCUT2D eigenvalue weighted by atomic mass is 79.9. The van der Waals surface area contributed by atoms with E-state index in [1.807, 2.05) is 92.0 Å². The van der Waals surface area contributed by atoms with Crippen LogP contribution in [-0.2, 0) is 22.6 Å². The lowest BCUT2D eigenvalue weighted by Gasteiger charge is -2.20. The molecule has 0 fully saturated rings. The maximum absolute atomic E-state index is 12.9. The summed E-state index contributed by atoms with van der Waals surface area (Å²) in [5.74, 6) is -0.0181. The second-order valence-electron chi connectivity index (χ2n) is 8.89. The summed E-state index contributed by atoms with van der Waals surface area (Å²) in [4.78, 5) is 26.4. The Morgan fingerprint density at radius 3 is 2.54 bits per heavy atom. The van der Waals surface area contributed by atoms with Gasteiger partial charge in [0, 0.05) is 14.9 Å². The predicted octanol–water partition coefficient (Wildman–Crippen LogP) is 6.08. The number of carbonyl (C=O) groups is 2. The quantitative estimate of drug-likeness (QED) is 0.177. The van der Waals surface area contributed by atoms with Crippen LogP contribution < -0.4 is 15.5 Å². The zero-order valence-corrected chi connectivity index (χ0v) is 23.0. The fourth-order valence-electron chi connectivity index (χ4n) is 3.84. The van der Waals surface area contributed by atoms with Crippen molar-refractivity contribution in [2.24, 2.45) is 11.0 Å². The number of thiophene rings is 1. The van der Waals surface area contributed by atoms with Crippen LogP contribution in [0.3, 0.4) is 0 Å². The molecule has 3 aromatic carbocycles. The second kappa shape index (κ2) is 12.7. The molecule has 0 aliphatic heterocycles. The molecule has 190 valence electrons. The van der Waals surface area contributed by atoms with Gasteiger partial charge in [0.1, 0.15) is 18.4 Å². The van der Waals surface area contributed by atoms with Crippen LogP contribution in [0, 0.1) is 5.92 Å². The molecule has 1 heterocycles. The van der Waals surface area contributed by atoms with Crippen molar-refractivity contribution < 1.29 is 14.3 Å². The minimum atomic E-state index is -0.703. The van der Waals surface area contributed by atoms with Crippen molar-refractivity contribution >= 4 is 56.1 Å². The number of ether oxygens (including phenoxy) is 1. The van der Waals surface area contributed by atoms with Crippen molar-refractivity contribution in [3.05, 3.63) is 98.7 Å². The van der Waals surface area contributed by atoms with Crippen molar-refractivity contribution in [2.45, 2.75) is 32.9 Å². The molecule has 6 nitrogen and oxygen atoms in total. The number of amides is 2. The summed E-state index contributed by atoms with van der Waals surface area (Å²) in [7, 11) is 0. The highest BCUT2D eigenvalue weighted by Crippen LogP contribution is 2.27. The van der Waals surface area contributed by atoms with Gasteiger partial charge in [-0.15, -0.1) is 11.3 Å². The number of hydrazone groups is 1. The van der Waals surface area contributed by atoms with E-state index in [0.29, 0.717) is 12.4 Å². The van der Waals surface area contributed by atoms with Crippen LogP contribution in [0.1, 0.15) is 29.9 Å². The van der Waals surface area contributed by atoms with Gasteiger partial charge in [0.15, 0.2) is 0 Å². The number of carbonyl (C=O) groups excluding carboxylic acids is 2. The fraction of sp³-hybridized carbons (Fsp3) is 0.207. The van der Waals surface area contributed by atoms with E-state index < -0.39 is 6.04 Å². The maximum atomic E-state index is 12.9. The first kappa shape index (κ1) is 26.6. The van der Waals surface area contributed by atoms with Crippen molar-refractivity contribution in [1.29, 1.82) is 0 Å². The van der Waals surface area contributed by atoms with E-state index in [0.717, 1.165) is 31.2 Å². The van der Waals surface area contributed by atoms with Crippen molar-refractivity contribution in [3.8, 4) is 5.75 Å². The number of nitrogens with zero attached hydrogens (tertiary/aromatic N) is 1. The lowest BCUT2D eigenvalue weighted by Crippen LogP contribution is -2.49. The van der Waals surface area contributed by atoms with Crippen LogP contribution in [-0.4, -0.2) is 24.1 Å². The van der Waals surface area contributed by atoms with Gasteiger partial charge in [-0.25, -0.2) is 5.43 Å². The SMILES string of the molecule is CC(C)[C@H](NC(=O)Cc1cccs1)C(=O)NN=Cc1c(OCc2ccc(Br)cc2)ccc2ccccc12. The molecule has 37 heavy (non-hydrogen) atoms. The number of fused-ring (bicyclic) bond motifs is 1. The average Bonchev–Trinajstić information content (AvgIpc) is 3.40. The molecule has 0 unspecified atom stereocenters. The summed E-state index contributed by atoms with van der Waals surface area (Å²) >= 11 is 4.96. The molecule has 0 saturated heterocycles. The third-order valence-electron chi connectivity index (χ3n) is 5.79. The van der Waals surface area contributed by atoms with Gasteiger partial charge < -0.3 is 10.1 Å². The van der Waals surface area contributed by atoms with Gasteiger partial charge >= 0.3 is 0 Å². The molecule has 0 aliphatic rings. The molecule has 4 aromatic rings. The predicted molar refractivity (Wildman–Crippen MR) is 153 cm³/mol. The number of nitrogens with one attached hydrogen (secondary N) is 2. The number of hydrogen-bond acceptors (Lipinski definition) is 5. The van der Waals surface area contributed by atoms with E-state index >= 15 is 0 Å². The Balaban J connectivity index is 1.48. The summed E-state index contributed by atoms with van der Waals surface area (Å²) in [5, 5.41) is 11.0. The lowest BCUT2D eigenvalue weighted by atomic mass is 10.0. The van der Waals surface area contributed by atoms with Crippen LogP contribution in [0.2, 0.25) is 0 Å². The Hall–Kier alpha value is -3.49. The number of benzene rings is 3. The summed E-state index contributed by atoms with van der Waals surface area (Å²) in [5.41, 5.74) is 4.40. The van der Waals surface area contributed by atoms with Crippen LogP contribution in [0.5, 0.6) is 5.75 Å². The standard InChI is InChI=1S/C29H28BrN3O3S/c1-19(2)28(32-27(34)16-23-7-5-15-37-23)29(35)33-31-17-25-24-8-4-3-6-21(24)11-14-26(25)36-18-20-9-12-22(30)13-10-20/h3-15,17,19,28H,16,18H2,1-2H3,(H,32,34)(H,33,35)/t28-/m0/s1. The first-order valence-electron chi connectivity index (χ1n) is 11.9. The third-order valence-corrected chi connectivity index (χ3v) is 7.19. The fourth-order valence-corrected chi connectivity index (χ4v) is 4.80. The first-order valence-corrected chi connectivity index (χ1v) is 13.6. The first-order chi connectivity index (χ1) is 17.9. The molecule has 1 aromatic heterocycles. The molecule has 2 N–H and O–H groups in total. The van der Waals surface area contributed by atoms with E-state index in [1.54, 1.807) is 6.21 Å². The molecule has 0 aliphatic carbocycles. The molecule has 0 spiro atoms. The molecule has 4 rings (SSSR count). The Labute approximate surface area is 228 Å². The molecular formula is C29H28BrN3O3S. The number of hydrogen-bond donors (Lipinski definition) is 2. The zero-order chi connectivity index (χ0) is 26.2. The van der Waals surface area contributed by atoms with E-state index in [4.69, 9.17) is 4.74 Å². The van der Waals surface area contributed by atoms with Gasteiger partial charge in [-0.2, -0.15) is 5.10 Å². The largest absolute Gasteiger partial charge is 0.488 e. The Kier molecular flexibility index (Phi) is 9.09. The van der Waals surface area contributed by atoms with E-state index in [9.17, 15) is 9.59 Å². The Bertz CT molecular complexity index is 1390. The molecule has 8 heteroatoms. The van der Waals surface area contributed by atoms with E-state index in [2.05, 4.69) is 31.8 Å². The van der Waals surface area contributed by atoms with Crippen molar-refractivity contribution in [3.63, 3.8) is 0 Å². The topological polar surface area (TPSA) is 79.8 Å². The summed E-state index contributed by atoms with van der Waals surface area (Å²) in [6.07, 6.45) is 1.84. The van der Waals surface area contributed by atoms with Gasteiger partial charge in [0.05, 0.1) is 12.6 Å². The zero-order valence-electron chi connectivity index (χ0n) is 20.6. The minimum Gasteiger partial charge on any atom is -0.488 e. The highest BCUT2D eigenvalue weighted by molar-refractivity contribution is 9.10. The van der Waals surface area contributed by atoms with E-state index in [1.165, 1.54) is 11.3 Å².